The maximum absolute atomic E-state index is 13.0. The molecule has 0 radical (unpaired) electrons. The number of benzene rings is 8. The first-order valence-corrected chi connectivity index (χ1v) is 46.6. The third kappa shape index (κ3) is 27.0. The zero-order valence-electron chi connectivity index (χ0n) is 79.9. The predicted octanol–water partition coefficient (Wildman–Crippen LogP) is 19.5. The quantitative estimate of drug-likeness (QED) is 0.0364. The summed E-state index contributed by atoms with van der Waals surface area (Å²) in [6, 6.07) is 83.5. The summed E-state index contributed by atoms with van der Waals surface area (Å²) in [5.74, 6) is 4.41. The molecule has 0 spiro atoms. The van der Waals surface area contributed by atoms with Gasteiger partial charge in [0.05, 0.1) is 35.4 Å². The van der Waals surface area contributed by atoms with Crippen LogP contribution in [0.4, 0.5) is 0 Å². The number of nitriles is 4. The van der Waals surface area contributed by atoms with Crippen molar-refractivity contribution in [1.29, 1.82) is 21.0 Å². The number of hydrogen-bond donors (Lipinski definition) is 0. The number of carbonyl (C=O) groups is 4. The molecule has 31 nitrogen and oxygen atoms in total. The molecule has 0 bridgehead atoms. The summed E-state index contributed by atoms with van der Waals surface area (Å²) in [5, 5.41) is 54.0. The maximum atomic E-state index is 13.0. The van der Waals surface area contributed by atoms with Crippen molar-refractivity contribution in [2.45, 2.75) is 98.3 Å². The fourth-order valence-corrected chi connectivity index (χ4v) is 15.9. The molecule has 0 aliphatic rings. The monoisotopic (exact) mass is 1930 g/mol. The molecular formula is C116H87N23O8. The lowest BCUT2D eigenvalue weighted by Gasteiger charge is -2.10. The van der Waals surface area contributed by atoms with E-state index in [1.165, 1.54) is 0 Å². The largest absolute Gasteiger partial charge is 0.433 e. The van der Waals surface area contributed by atoms with Gasteiger partial charge in [0.1, 0.15) is 29.1 Å². The first-order chi connectivity index (χ1) is 71.8. The lowest BCUT2D eigenvalue weighted by atomic mass is 9.96. The number of aryl methyl sites for hydroxylation is 4. The summed E-state index contributed by atoms with van der Waals surface area (Å²) in [6.07, 6.45) is 27.4. The Morgan fingerprint density at radius 2 is 0.599 bits per heavy atom. The van der Waals surface area contributed by atoms with Gasteiger partial charge in [-0.2, -0.15) is 26.0 Å². The number of ketones is 4. The lowest BCUT2D eigenvalue weighted by Crippen LogP contribution is -2.06. The van der Waals surface area contributed by atoms with E-state index in [4.69, 9.17) is 58.8 Å². The van der Waals surface area contributed by atoms with Gasteiger partial charge >= 0.3 is 23.6 Å². The van der Waals surface area contributed by atoms with Gasteiger partial charge in [-0.15, -0.1) is 10.2 Å². The number of carbonyl (C=O) groups excluding carboxylic acids is 4. The molecule has 0 amide bonds. The van der Waals surface area contributed by atoms with Crippen LogP contribution in [0.2, 0.25) is 0 Å². The Bertz CT molecular complexity index is 7690. The molecule has 0 unspecified atom stereocenters. The van der Waals surface area contributed by atoms with Crippen LogP contribution in [0, 0.1) is 73.0 Å². The van der Waals surface area contributed by atoms with Gasteiger partial charge in [0.25, 0.3) is 0 Å². The summed E-state index contributed by atoms with van der Waals surface area (Å²) in [6.45, 7) is 8.19. The Balaban J connectivity index is 0.000000134. The Morgan fingerprint density at radius 1 is 0.272 bits per heavy atom. The molecule has 0 aliphatic carbocycles. The summed E-state index contributed by atoms with van der Waals surface area (Å²) >= 11 is 0. The van der Waals surface area contributed by atoms with Crippen molar-refractivity contribution in [2.75, 3.05) is 0 Å². The number of nitrogens with zero attached hydrogens (tertiary/aromatic N) is 23. The van der Waals surface area contributed by atoms with E-state index in [2.05, 4.69) is 101 Å². The van der Waals surface area contributed by atoms with E-state index in [1.807, 2.05) is 215 Å². The van der Waals surface area contributed by atoms with Gasteiger partial charge in [-0.25, -0.2) is 44.9 Å². The molecule has 20 aromatic rings. The molecule has 12 aromatic heterocycles. The molecule has 147 heavy (non-hydrogen) atoms. The second-order valence-corrected chi connectivity index (χ2v) is 34.3. The number of oxazole rings is 1. The van der Waals surface area contributed by atoms with Crippen LogP contribution in [-0.4, -0.2) is 118 Å². The molecule has 0 fully saturated rings. The molecule has 31 heteroatoms. The number of rotatable bonds is 31. The number of hydrogen-bond acceptors (Lipinski definition) is 31. The zero-order valence-corrected chi connectivity index (χ0v) is 79.9. The van der Waals surface area contributed by atoms with Gasteiger partial charge in [0.2, 0.25) is 11.8 Å². The highest BCUT2D eigenvalue weighted by atomic mass is 16.5. The summed E-state index contributed by atoms with van der Waals surface area (Å²) in [7, 11) is 0. The Morgan fingerprint density at radius 3 is 0.918 bits per heavy atom. The van der Waals surface area contributed by atoms with Crippen LogP contribution in [0.15, 0.2) is 341 Å². The first kappa shape index (κ1) is 98.6. The highest BCUT2D eigenvalue weighted by molar-refractivity contribution is 6.00. The van der Waals surface area contributed by atoms with E-state index >= 15 is 0 Å². The second kappa shape index (κ2) is 47.7. The molecule has 8 aromatic carbocycles. The molecular weight excluding hydrogens is 1840 g/mol. The minimum Gasteiger partial charge on any atom is -0.433 e. The van der Waals surface area contributed by atoms with Gasteiger partial charge in [-0.05, 0) is 196 Å². The van der Waals surface area contributed by atoms with Crippen molar-refractivity contribution < 1.29 is 37.0 Å². The predicted molar refractivity (Wildman–Crippen MR) is 541 cm³/mol. The van der Waals surface area contributed by atoms with E-state index in [0.717, 1.165) is 134 Å². The van der Waals surface area contributed by atoms with Crippen LogP contribution >= 0.6 is 0 Å². The number of aromatic nitrogens is 19. The second-order valence-electron chi connectivity index (χ2n) is 34.3. The van der Waals surface area contributed by atoms with E-state index in [0.29, 0.717) is 127 Å². The van der Waals surface area contributed by atoms with Gasteiger partial charge in [0, 0.05) is 189 Å². The Hall–Kier alpha value is -20.0. The van der Waals surface area contributed by atoms with E-state index in [9.17, 15) is 19.2 Å². The number of pyridine rings is 4. The standard InChI is InChI=1S/C30H23N5O2.2C29H22N6O2.C28H20N6O2/c1-20-4-5-22(13-25(20)16-29-33-12-10-27(35-29)24-3-2-11-32-18-24)15-28(36)23-8-6-21(7-9-23)14-26-19-34-30(17-31)37-26;1-19-4-5-21(13-24(19)16-27-32-12-10-25(33-27)23-3-2-11-31-18-23)14-26(36)22-8-6-20(7-9-22)15-28-34-35-29(17-30)37-28;1-19-4-5-21(13-24(19)16-27-32-12-10-25(33-27)23-3-2-11-31-18-23)14-26(36)22-8-6-20(7-9-22)15-28-34-29(17-30)37-35-28;1-18-4-5-19(13-23(18)15-26-31-12-10-24(32-26)22-3-2-11-30-17-22)14-25(35)20-6-8-21(9-7-20)28-34-33-27(16-29)36-28/h2-13,18-19H,14-16H2,1H3;2*2-13,18H,14-16H2,1H3;2-13,17H,14-15H2,1H3. The fourth-order valence-electron chi connectivity index (χ4n) is 15.9. The third-order valence-corrected chi connectivity index (χ3v) is 23.8. The van der Waals surface area contributed by atoms with Gasteiger partial charge in [0.15, 0.2) is 53.2 Å². The minimum absolute atomic E-state index is 0.00517. The molecule has 12 heterocycles. The SMILES string of the molecule is Cc1ccc(CC(=O)c2ccc(-c3nnc(C#N)o3)cc2)cc1Cc1nccc(-c2cccnc2)n1.Cc1ccc(CC(=O)c2ccc(Cc3cnc(C#N)o3)cc2)cc1Cc1nccc(-c2cccnc2)n1.Cc1ccc(CC(=O)c2ccc(Cc3nnc(C#N)o3)cc2)cc1Cc1nccc(-c2cccnc2)n1.Cc1ccc(CC(=O)c2ccc(Cc3noc(C#N)n3)cc2)cc1Cc1nccc(-c2cccnc2)n1. The fraction of sp³-hybridized carbons (Fsp3) is 0.129. The topological polar surface area (TPSA) is 461 Å². The molecule has 0 saturated heterocycles. The zero-order chi connectivity index (χ0) is 102. The van der Waals surface area contributed by atoms with Crippen molar-refractivity contribution in [2.24, 2.45) is 0 Å². The smallest absolute Gasteiger partial charge is 0.329 e. The van der Waals surface area contributed by atoms with Crippen molar-refractivity contribution in [3.05, 3.63) is 493 Å². The van der Waals surface area contributed by atoms with Crippen LogP contribution in [-0.2, 0) is 70.6 Å². The average molecular weight is 1930 g/mol. The molecule has 0 saturated carbocycles. The molecule has 0 N–H and O–H groups in total. The van der Waals surface area contributed by atoms with Crippen LogP contribution in [0.1, 0.15) is 189 Å². The Kier molecular flexibility index (Phi) is 32.0. The van der Waals surface area contributed by atoms with Crippen molar-refractivity contribution >= 4 is 23.1 Å². The van der Waals surface area contributed by atoms with Crippen LogP contribution in [0.3, 0.4) is 0 Å². The molecule has 0 aliphatic heterocycles. The summed E-state index contributed by atoms with van der Waals surface area (Å²) in [4.78, 5) is 113. The van der Waals surface area contributed by atoms with Crippen molar-refractivity contribution in [3.8, 4) is 80.8 Å². The molecule has 714 valence electrons. The van der Waals surface area contributed by atoms with E-state index in [1.54, 1.807) is 135 Å². The van der Waals surface area contributed by atoms with Gasteiger partial charge < -0.3 is 17.8 Å². The average Bonchev–Trinajstić information content (AvgIpc) is 1.37. The molecule has 20 rings (SSSR count). The summed E-state index contributed by atoms with van der Waals surface area (Å²) < 4.78 is 20.6. The minimum atomic E-state index is -0.102. The normalized spacial score (nSPS) is 10.7. The van der Waals surface area contributed by atoms with Crippen LogP contribution < -0.4 is 0 Å². The third-order valence-electron chi connectivity index (χ3n) is 23.8. The first-order valence-electron chi connectivity index (χ1n) is 46.6. The van der Waals surface area contributed by atoms with Crippen molar-refractivity contribution in [3.63, 3.8) is 0 Å². The van der Waals surface area contributed by atoms with Crippen molar-refractivity contribution in [1.82, 2.24) is 95.3 Å². The van der Waals surface area contributed by atoms with Gasteiger partial charge in [-0.1, -0.05) is 173 Å². The summed E-state index contributed by atoms with van der Waals surface area (Å²) in [5.41, 5.74) is 25.6. The molecule has 0 atom stereocenters. The van der Waals surface area contributed by atoms with Crippen LogP contribution in [0.5, 0.6) is 0 Å². The van der Waals surface area contributed by atoms with E-state index < -0.39 is 0 Å². The highest BCUT2D eigenvalue weighted by Crippen LogP contribution is 2.29. The maximum Gasteiger partial charge on any atom is 0.329 e. The highest BCUT2D eigenvalue weighted by Gasteiger charge is 2.21. The Labute approximate surface area is 843 Å². The van der Waals surface area contributed by atoms with E-state index in [-0.39, 0.29) is 59.0 Å². The van der Waals surface area contributed by atoms with Gasteiger partial charge in [-0.3, -0.25) is 39.1 Å². The van der Waals surface area contributed by atoms with Crippen LogP contribution in [0.25, 0.3) is 56.5 Å². The lowest BCUT2D eigenvalue weighted by molar-refractivity contribution is 0.0984. The number of Topliss-reactive ketones (excluding diaryl/α,β-unsaturated/α-hetero) is 4.